The van der Waals surface area contributed by atoms with Gasteiger partial charge in [0.15, 0.2) is 6.10 Å². The highest BCUT2D eigenvalue weighted by Crippen LogP contribution is 2.14. The molecule has 1 amide bonds. The van der Waals surface area contributed by atoms with Gasteiger partial charge in [-0.1, -0.05) is 30.3 Å². The summed E-state index contributed by atoms with van der Waals surface area (Å²) in [4.78, 5) is 16.3. The van der Waals surface area contributed by atoms with E-state index in [1.54, 1.807) is 19.4 Å². The number of para-hydroxylation sites is 1. The van der Waals surface area contributed by atoms with Crippen molar-refractivity contribution in [1.29, 1.82) is 0 Å². The summed E-state index contributed by atoms with van der Waals surface area (Å²) in [5.74, 6) is 0.493. The minimum atomic E-state index is -0.579. The lowest BCUT2D eigenvalue weighted by Crippen LogP contribution is -2.30. The molecule has 3 rings (SSSR count). The number of anilines is 1. The highest BCUT2D eigenvalue weighted by Gasteiger charge is 2.14. The first-order chi connectivity index (χ1) is 11.7. The van der Waals surface area contributed by atoms with Crippen LogP contribution in [0.5, 0.6) is 5.75 Å². The fourth-order valence-corrected chi connectivity index (χ4v) is 2.34. The predicted octanol–water partition coefficient (Wildman–Crippen LogP) is 3.34. The van der Waals surface area contributed by atoms with Gasteiger partial charge in [0.05, 0.1) is 6.33 Å². The van der Waals surface area contributed by atoms with Crippen molar-refractivity contribution in [3.8, 4) is 5.75 Å². The summed E-state index contributed by atoms with van der Waals surface area (Å²) in [7, 11) is 0. The molecule has 1 atom stereocenters. The molecule has 0 radical (unpaired) electrons. The Balaban J connectivity index is 1.61. The van der Waals surface area contributed by atoms with Crippen molar-refractivity contribution in [3.63, 3.8) is 0 Å². The van der Waals surface area contributed by atoms with Crippen LogP contribution >= 0.6 is 0 Å². The molecular formula is C19H19N3O2. The van der Waals surface area contributed by atoms with Crippen LogP contribution in [0.4, 0.5) is 5.69 Å². The van der Waals surface area contributed by atoms with E-state index in [2.05, 4.69) is 10.3 Å². The first kappa shape index (κ1) is 15.8. The molecule has 0 aliphatic rings. The number of carbonyl (C=O) groups is 1. The third kappa shape index (κ3) is 4.23. The summed E-state index contributed by atoms with van der Waals surface area (Å²) in [6, 6.07) is 17.1. The second-order valence-electron chi connectivity index (χ2n) is 5.50. The molecule has 0 aliphatic carbocycles. The number of rotatable bonds is 6. The van der Waals surface area contributed by atoms with Crippen LogP contribution in [0.25, 0.3) is 0 Å². The summed E-state index contributed by atoms with van der Waals surface area (Å²) < 4.78 is 7.61. The zero-order valence-corrected chi connectivity index (χ0v) is 13.4. The molecule has 0 unspecified atom stereocenters. The van der Waals surface area contributed by atoms with E-state index in [4.69, 9.17) is 4.74 Å². The Morgan fingerprint density at radius 3 is 2.79 bits per heavy atom. The summed E-state index contributed by atoms with van der Waals surface area (Å²) in [6.45, 7) is 2.44. The third-order valence-corrected chi connectivity index (χ3v) is 3.54. The van der Waals surface area contributed by atoms with Crippen molar-refractivity contribution in [2.24, 2.45) is 0 Å². The van der Waals surface area contributed by atoms with Crippen molar-refractivity contribution in [1.82, 2.24) is 9.55 Å². The number of imidazole rings is 1. The second kappa shape index (κ2) is 7.46. The first-order valence-corrected chi connectivity index (χ1v) is 7.78. The van der Waals surface area contributed by atoms with E-state index in [0.717, 1.165) is 11.3 Å². The monoisotopic (exact) mass is 321 g/mol. The van der Waals surface area contributed by atoms with Crippen molar-refractivity contribution >= 4 is 11.6 Å². The number of hydrogen-bond donors (Lipinski definition) is 1. The minimum Gasteiger partial charge on any atom is -0.481 e. The average molecular weight is 321 g/mol. The summed E-state index contributed by atoms with van der Waals surface area (Å²) in [5, 5.41) is 2.89. The van der Waals surface area contributed by atoms with Crippen molar-refractivity contribution in [3.05, 3.63) is 78.9 Å². The van der Waals surface area contributed by atoms with Gasteiger partial charge < -0.3 is 14.6 Å². The maximum atomic E-state index is 12.3. The van der Waals surface area contributed by atoms with Crippen LogP contribution in [-0.4, -0.2) is 21.6 Å². The van der Waals surface area contributed by atoms with E-state index in [1.807, 2.05) is 65.4 Å². The lowest BCUT2D eigenvalue weighted by atomic mass is 10.2. The number of amides is 1. The molecule has 0 bridgehead atoms. The van der Waals surface area contributed by atoms with Gasteiger partial charge in [0.2, 0.25) is 0 Å². The number of nitrogens with zero attached hydrogens (tertiary/aromatic N) is 2. The van der Waals surface area contributed by atoms with Crippen LogP contribution < -0.4 is 10.1 Å². The van der Waals surface area contributed by atoms with Crippen LogP contribution in [0.1, 0.15) is 12.5 Å². The van der Waals surface area contributed by atoms with Gasteiger partial charge in [0.25, 0.3) is 5.91 Å². The third-order valence-electron chi connectivity index (χ3n) is 3.54. The van der Waals surface area contributed by atoms with Crippen molar-refractivity contribution in [2.75, 3.05) is 5.32 Å². The van der Waals surface area contributed by atoms with E-state index >= 15 is 0 Å². The Kier molecular flexibility index (Phi) is 4.91. The van der Waals surface area contributed by atoms with Crippen LogP contribution in [0, 0.1) is 0 Å². The van der Waals surface area contributed by atoms with Gasteiger partial charge in [0.1, 0.15) is 5.75 Å². The van der Waals surface area contributed by atoms with Crippen molar-refractivity contribution < 1.29 is 9.53 Å². The molecule has 1 heterocycles. The average Bonchev–Trinajstić information content (AvgIpc) is 3.09. The van der Waals surface area contributed by atoms with Crippen molar-refractivity contribution in [2.45, 2.75) is 19.6 Å². The Morgan fingerprint density at radius 1 is 1.21 bits per heavy atom. The molecule has 122 valence electrons. The molecule has 0 saturated heterocycles. The van der Waals surface area contributed by atoms with E-state index in [1.165, 1.54) is 0 Å². The largest absolute Gasteiger partial charge is 0.481 e. The highest BCUT2D eigenvalue weighted by atomic mass is 16.5. The lowest BCUT2D eigenvalue weighted by molar-refractivity contribution is -0.122. The molecule has 2 aromatic carbocycles. The SMILES string of the molecule is C[C@@H](Oc1ccccc1)C(=O)Nc1cccc(Cn2ccnc2)c1. The topological polar surface area (TPSA) is 56.1 Å². The van der Waals surface area contributed by atoms with Gasteiger partial charge in [-0.3, -0.25) is 4.79 Å². The van der Waals surface area contributed by atoms with Crippen LogP contribution in [0.3, 0.4) is 0 Å². The maximum Gasteiger partial charge on any atom is 0.265 e. The molecule has 0 saturated carbocycles. The number of carbonyl (C=O) groups excluding carboxylic acids is 1. The zero-order chi connectivity index (χ0) is 16.8. The predicted molar refractivity (Wildman–Crippen MR) is 92.9 cm³/mol. The number of benzene rings is 2. The Labute approximate surface area is 140 Å². The van der Waals surface area contributed by atoms with Crippen LogP contribution in [0.15, 0.2) is 73.3 Å². The standard InChI is InChI=1S/C19H19N3O2/c1-15(24-18-8-3-2-4-9-18)19(23)21-17-7-5-6-16(12-17)13-22-11-10-20-14-22/h2-12,14-15H,13H2,1H3,(H,21,23)/t15-/m1/s1. The maximum absolute atomic E-state index is 12.3. The van der Waals surface area contributed by atoms with Crippen LogP contribution in [-0.2, 0) is 11.3 Å². The number of ether oxygens (including phenoxy) is 1. The molecule has 5 heteroatoms. The quantitative estimate of drug-likeness (QED) is 0.757. The van der Waals surface area contributed by atoms with E-state index < -0.39 is 6.10 Å². The molecule has 1 aromatic heterocycles. The smallest absolute Gasteiger partial charge is 0.265 e. The van der Waals surface area contributed by atoms with E-state index in [0.29, 0.717) is 12.3 Å². The van der Waals surface area contributed by atoms with Crippen LogP contribution in [0.2, 0.25) is 0 Å². The summed E-state index contributed by atoms with van der Waals surface area (Å²) >= 11 is 0. The second-order valence-corrected chi connectivity index (χ2v) is 5.50. The fourth-order valence-electron chi connectivity index (χ4n) is 2.34. The molecular weight excluding hydrogens is 302 g/mol. The van der Waals surface area contributed by atoms with Gasteiger partial charge in [-0.25, -0.2) is 4.98 Å². The Hall–Kier alpha value is -3.08. The molecule has 24 heavy (non-hydrogen) atoms. The molecule has 0 spiro atoms. The summed E-state index contributed by atoms with van der Waals surface area (Å²) in [6.07, 6.45) is 4.83. The van der Waals surface area contributed by atoms with Gasteiger partial charge in [0, 0.05) is 24.6 Å². The molecule has 5 nitrogen and oxygen atoms in total. The zero-order valence-electron chi connectivity index (χ0n) is 13.4. The Bertz CT molecular complexity index is 785. The Morgan fingerprint density at radius 2 is 2.04 bits per heavy atom. The molecule has 0 fully saturated rings. The van der Waals surface area contributed by atoms with Gasteiger partial charge in [-0.15, -0.1) is 0 Å². The molecule has 3 aromatic rings. The molecule has 1 N–H and O–H groups in total. The highest BCUT2D eigenvalue weighted by molar-refractivity contribution is 5.94. The number of nitrogens with one attached hydrogen (secondary N) is 1. The number of hydrogen-bond acceptors (Lipinski definition) is 3. The first-order valence-electron chi connectivity index (χ1n) is 7.78. The lowest BCUT2D eigenvalue weighted by Gasteiger charge is -2.15. The minimum absolute atomic E-state index is 0.182. The van der Waals surface area contributed by atoms with E-state index in [9.17, 15) is 4.79 Å². The summed E-state index contributed by atoms with van der Waals surface area (Å²) in [5.41, 5.74) is 1.84. The van der Waals surface area contributed by atoms with Gasteiger partial charge in [-0.05, 0) is 36.8 Å². The van der Waals surface area contributed by atoms with Gasteiger partial charge >= 0.3 is 0 Å². The van der Waals surface area contributed by atoms with Gasteiger partial charge in [-0.2, -0.15) is 0 Å². The fraction of sp³-hybridized carbons (Fsp3) is 0.158. The normalized spacial score (nSPS) is 11.7. The number of aromatic nitrogens is 2. The molecule has 0 aliphatic heterocycles. The van der Waals surface area contributed by atoms with E-state index in [-0.39, 0.29) is 5.91 Å².